The summed E-state index contributed by atoms with van der Waals surface area (Å²) in [5.74, 6) is 0.654. The summed E-state index contributed by atoms with van der Waals surface area (Å²) in [6, 6.07) is 13.4. The molecule has 1 amide bonds. The maximum atomic E-state index is 11.8. The maximum absolute atomic E-state index is 11.8. The van der Waals surface area contributed by atoms with Crippen LogP contribution in [0, 0.1) is 11.3 Å². The molecule has 1 aliphatic carbocycles. The number of carbonyl (C=O) groups is 1. The van der Waals surface area contributed by atoms with Crippen LogP contribution in [-0.2, 0) is 6.54 Å². The molecule has 2 N–H and O–H groups in total. The Morgan fingerprint density at radius 2 is 2.00 bits per heavy atom. The van der Waals surface area contributed by atoms with E-state index in [-0.39, 0.29) is 5.91 Å². The molecule has 1 heterocycles. The van der Waals surface area contributed by atoms with Gasteiger partial charge in [0.25, 0.3) is 5.91 Å². The maximum Gasteiger partial charge on any atom is 0.253 e. The second kappa shape index (κ2) is 6.27. The van der Waals surface area contributed by atoms with Crippen LogP contribution >= 0.6 is 0 Å². The number of benzene rings is 1. The van der Waals surface area contributed by atoms with Crippen LogP contribution in [0.2, 0.25) is 0 Å². The SMILES string of the molecule is N#Cc1ccc(CNc2ccc(C(=O)NC3CC3)cn2)cc1. The number of carbonyl (C=O) groups excluding carboxylic acids is 1. The van der Waals surface area contributed by atoms with Crippen molar-refractivity contribution in [1.29, 1.82) is 5.26 Å². The second-order valence-electron chi connectivity index (χ2n) is 5.34. The summed E-state index contributed by atoms with van der Waals surface area (Å²) in [6.45, 7) is 0.617. The van der Waals surface area contributed by atoms with Crippen LogP contribution in [-0.4, -0.2) is 16.9 Å². The minimum atomic E-state index is -0.0614. The lowest BCUT2D eigenvalue weighted by Crippen LogP contribution is -2.25. The molecular formula is C17H16N4O. The third-order valence-corrected chi connectivity index (χ3v) is 3.49. The molecule has 0 atom stereocenters. The smallest absolute Gasteiger partial charge is 0.253 e. The Morgan fingerprint density at radius 1 is 1.23 bits per heavy atom. The summed E-state index contributed by atoms with van der Waals surface area (Å²) in [5, 5.41) is 14.9. The minimum absolute atomic E-state index is 0.0614. The summed E-state index contributed by atoms with van der Waals surface area (Å²) in [5.41, 5.74) is 2.29. The van der Waals surface area contributed by atoms with Gasteiger partial charge in [0.05, 0.1) is 17.2 Å². The largest absolute Gasteiger partial charge is 0.366 e. The topological polar surface area (TPSA) is 77.8 Å². The number of hydrogen-bond donors (Lipinski definition) is 2. The van der Waals surface area contributed by atoms with Gasteiger partial charge in [0.1, 0.15) is 5.82 Å². The first-order valence-corrected chi connectivity index (χ1v) is 7.24. The molecule has 22 heavy (non-hydrogen) atoms. The highest BCUT2D eigenvalue weighted by Gasteiger charge is 2.23. The Balaban J connectivity index is 1.56. The van der Waals surface area contributed by atoms with Crippen LogP contribution in [0.25, 0.3) is 0 Å². The lowest BCUT2D eigenvalue weighted by Gasteiger charge is -2.07. The van der Waals surface area contributed by atoms with Gasteiger partial charge in [-0.3, -0.25) is 4.79 Å². The summed E-state index contributed by atoms with van der Waals surface area (Å²) in [4.78, 5) is 16.1. The van der Waals surface area contributed by atoms with E-state index in [1.54, 1.807) is 30.5 Å². The Hall–Kier alpha value is -2.87. The molecule has 110 valence electrons. The monoisotopic (exact) mass is 292 g/mol. The Bertz CT molecular complexity index is 697. The predicted octanol–water partition coefficient (Wildman–Crippen LogP) is 2.46. The molecule has 1 aromatic heterocycles. The molecule has 5 heteroatoms. The number of amides is 1. The van der Waals surface area contributed by atoms with Gasteiger partial charge < -0.3 is 10.6 Å². The van der Waals surface area contributed by atoms with E-state index in [9.17, 15) is 4.79 Å². The fraction of sp³-hybridized carbons (Fsp3) is 0.235. The van der Waals surface area contributed by atoms with Crippen molar-refractivity contribution >= 4 is 11.7 Å². The average Bonchev–Trinajstić information content (AvgIpc) is 3.38. The molecule has 2 aromatic rings. The number of nitrogens with zero attached hydrogens (tertiary/aromatic N) is 2. The lowest BCUT2D eigenvalue weighted by atomic mass is 10.1. The van der Waals surface area contributed by atoms with Gasteiger partial charge in [-0.25, -0.2) is 4.98 Å². The summed E-state index contributed by atoms with van der Waals surface area (Å²) >= 11 is 0. The molecule has 0 saturated heterocycles. The van der Waals surface area contributed by atoms with E-state index < -0.39 is 0 Å². The summed E-state index contributed by atoms with van der Waals surface area (Å²) in [7, 11) is 0. The van der Waals surface area contributed by atoms with Crippen molar-refractivity contribution in [3.8, 4) is 6.07 Å². The molecular weight excluding hydrogens is 276 g/mol. The van der Waals surface area contributed by atoms with Crippen molar-refractivity contribution in [2.24, 2.45) is 0 Å². The number of aromatic nitrogens is 1. The van der Waals surface area contributed by atoms with Gasteiger partial charge in [-0.2, -0.15) is 5.26 Å². The van der Waals surface area contributed by atoms with Gasteiger partial charge in [-0.15, -0.1) is 0 Å². The fourth-order valence-electron chi connectivity index (χ4n) is 2.02. The van der Waals surface area contributed by atoms with E-state index in [1.807, 2.05) is 12.1 Å². The van der Waals surface area contributed by atoms with E-state index in [0.717, 1.165) is 18.4 Å². The van der Waals surface area contributed by atoms with Crippen LogP contribution < -0.4 is 10.6 Å². The summed E-state index contributed by atoms with van der Waals surface area (Å²) < 4.78 is 0. The quantitative estimate of drug-likeness (QED) is 0.887. The third kappa shape index (κ3) is 3.61. The number of nitriles is 1. The van der Waals surface area contributed by atoms with Crippen molar-refractivity contribution in [2.45, 2.75) is 25.4 Å². The van der Waals surface area contributed by atoms with Crippen molar-refractivity contribution < 1.29 is 4.79 Å². The van der Waals surface area contributed by atoms with E-state index in [2.05, 4.69) is 21.7 Å². The molecule has 3 rings (SSSR count). The zero-order valence-corrected chi connectivity index (χ0v) is 12.0. The molecule has 0 aliphatic heterocycles. The molecule has 0 bridgehead atoms. The molecule has 0 spiro atoms. The first-order chi connectivity index (χ1) is 10.7. The highest BCUT2D eigenvalue weighted by molar-refractivity contribution is 5.94. The number of rotatable bonds is 5. The lowest BCUT2D eigenvalue weighted by molar-refractivity contribution is 0.0951. The van der Waals surface area contributed by atoms with E-state index in [0.29, 0.717) is 29.5 Å². The van der Waals surface area contributed by atoms with Gasteiger partial charge in [0.15, 0.2) is 0 Å². The van der Waals surface area contributed by atoms with Crippen LogP contribution in [0.15, 0.2) is 42.6 Å². The van der Waals surface area contributed by atoms with Crippen LogP contribution in [0.3, 0.4) is 0 Å². The molecule has 1 aliphatic rings. The molecule has 1 fully saturated rings. The van der Waals surface area contributed by atoms with E-state index >= 15 is 0 Å². The number of nitrogens with one attached hydrogen (secondary N) is 2. The number of pyridine rings is 1. The zero-order valence-electron chi connectivity index (χ0n) is 12.0. The zero-order chi connectivity index (χ0) is 15.4. The van der Waals surface area contributed by atoms with Crippen molar-refractivity contribution in [3.63, 3.8) is 0 Å². The Kier molecular flexibility index (Phi) is 4.01. The number of hydrogen-bond acceptors (Lipinski definition) is 4. The predicted molar refractivity (Wildman–Crippen MR) is 83.2 cm³/mol. The van der Waals surface area contributed by atoms with E-state index in [4.69, 9.17) is 5.26 Å². The standard InChI is InChI=1S/C17H16N4O/c18-9-12-1-3-13(4-2-12)10-19-16-8-5-14(11-20-16)17(22)21-15-6-7-15/h1-5,8,11,15H,6-7,10H2,(H,19,20)(H,21,22). The van der Waals surface area contributed by atoms with Crippen LogP contribution in [0.4, 0.5) is 5.82 Å². The minimum Gasteiger partial charge on any atom is -0.366 e. The van der Waals surface area contributed by atoms with Gasteiger partial charge >= 0.3 is 0 Å². The van der Waals surface area contributed by atoms with Crippen molar-refractivity contribution in [2.75, 3.05) is 5.32 Å². The molecule has 1 saturated carbocycles. The average molecular weight is 292 g/mol. The normalized spacial score (nSPS) is 13.2. The van der Waals surface area contributed by atoms with Crippen molar-refractivity contribution in [1.82, 2.24) is 10.3 Å². The van der Waals surface area contributed by atoms with Crippen LogP contribution in [0.1, 0.15) is 34.3 Å². The summed E-state index contributed by atoms with van der Waals surface area (Å²) in [6.07, 6.45) is 3.73. The Morgan fingerprint density at radius 3 is 2.59 bits per heavy atom. The van der Waals surface area contributed by atoms with Gasteiger partial charge in [0, 0.05) is 18.8 Å². The van der Waals surface area contributed by atoms with Crippen molar-refractivity contribution in [3.05, 3.63) is 59.3 Å². The van der Waals surface area contributed by atoms with Gasteiger partial charge in [0.2, 0.25) is 0 Å². The highest BCUT2D eigenvalue weighted by atomic mass is 16.1. The second-order valence-corrected chi connectivity index (χ2v) is 5.34. The van der Waals surface area contributed by atoms with E-state index in [1.165, 1.54) is 0 Å². The van der Waals surface area contributed by atoms with Gasteiger partial charge in [-0.1, -0.05) is 12.1 Å². The molecule has 5 nitrogen and oxygen atoms in total. The Labute approximate surface area is 129 Å². The molecule has 0 radical (unpaired) electrons. The first-order valence-electron chi connectivity index (χ1n) is 7.24. The highest BCUT2D eigenvalue weighted by Crippen LogP contribution is 2.19. The molecule has 1 aromatic carbocycles. The number of anilines is 1. The van der Waals surface area contributed by atoms with Crippen LogP contribution in [0.5, 0.6) is 0 Å². The fourth-order valence-corrected chi connectivity index (χ4v) is 2.02. The third-order valence-electron chi connectivity index (χ3n) is 3.49. The van der Waals surface area contributed by atoms with Gasteiger partial charge in [-0.05, 0) is 42.7 Å². The molecule has 0 unspecified atom stereocenters. The first kappa shape index (κ1) is 14.1.